The van der Waals surface area contributed by atoms with Gasteiger partial charge in [-0.3, -0.25) is 4.31 Å². The Morgan fingerprint density at radius 2 is 2.19 bits per heavy atom. The summed E-state index contributed by atoms with van der Waals surface area (Å²) in [5, 5.41) is -0.224. The Bertz CT molecular complexity index is 485. The molecule has 1 heterocycles. The fourth-order valence-electron chi connectivity index (χ4n) is 1.59. The molecule has 1 aliphatic rings. The molecule has 0 aliphatic heterocycles. The molecule has 2 rings (SSSR count). The van der Waals surface area contributed by atoms with Crippen LogP contribution in [0.2, 0.25) is 0 Å². The summed E-state index contributed by atoms with van der Waals surface area (Å²) in [5.74, 6) is 0.460. The van der Waals surface area contributed by atoms with Gasteiger partial charge in [0.1, 0.15) is 5.82 Å². The molecular formula is C10H13BrN2O2S. The zero-order valence-electron chi connectivity index (χ0n) is 8.93. The second-order valence-electron chi connectivity index (χ2n) is 3.90. The molecule has 0 saturated heterocycles. The highest BCUT2D eigenvalue weighted by Gasteiger charge is 2.35. The van der Waals surface area contributed by atoms with Crippen molar-refractivity contribution in [1.82, 2.24) is 4.98 Å². The largest absolute Gasteiger partial charge is 0.257 e. The first-order valence-corrected chi connectivity index (χ1v) is 7.41. The van der Waals surface area contributed by atoms with Gasteiger partial charge >= 0.3 is 0 Å². The minimum absolute atomic E-state index is 0.224. The van der Waals surface area contributed by atoms with Crippen LogP contribution >= 0.6 is 15.9 Å². The van der Waals surface area contributed by atoms with Crippen molar-refractivity contribution in [3.63, 3.8) is 0 Å². The van der Waals surface area contributed by atoms with Gasteiger partial charge in [0.15, 0.2) is 0 Å². The average Bonchev–Trinajstić information content (AvgIpc) is 2.13. The summed E-state index contributed by atoms with van der Waals surface area (Å²) in [7, 11) is -1.66. The van der Waals surface area contributed by atoms with Gasteiger partial charge < -0.3 is 0 Å². The van der Waals surface area contributed by atoms with Gasteiger partial charge in [-0.15, -0.1) is 0 Å². The Labute approximate surface area is 104 Å². The molecule has 0 atom stereocenters. The summed E-state index contributed by atoms with van der Waals surface area (Å²) >= 11 is 3.30. The third-order valence-electron chi connectivity index (χ3n) is 2.89. The first kappa shape index (κ1) is 11.9. The molecule has 1 saturated carbocycles. The zero-order chi connectivity index (χ0) is 11.8. The predicted molar refractivity (Wildman–Crippen MR) is 66.9 cm³/mol. The first-order chi connectivity index (χ1) is 7.51. The number of hydrogen-bond acceptors (Lipinski definition) is 3. The smallest absolute Gasteiger partial charge is 0.238 e. The number of hydrogen-bond donors (Lipinski definition) is 0. The van der Waals surface area contributed by atoms with Crippen LogP contribution in [0.25, 0.3) is 0 Å². The van der Waals surface area contributed by atoms with Crippen LogP contribution in [-0.2, 0) is 10.0 Å². The molecular weight excluding hydrogens is 292 g/mol. The predicted octanol–water partition coefficient (Wildman–Crippen LogP) is 2.16. The summed E-state index contributed by atoms with van der Waals surface area (Å²) in [5.41, 5.74) is 0. The highest BCUT2D eigenvalue weighted by molar-refractivity contribution is 9.10. The van der Waals surface area contributed by atoms with Crippen molar-refractivity contribution >= 4 is 31.8 Å². The van der Waals surface area contributed by atoms with Crippen molar-refractivity contribution in [2.45, 2.75) is 24.5 Å². The second-order valence-corrected chi connectivity index (χ2v) is 7.06. The van der Waals surface area contributed by atoms with Crippen LogP contribution in [0.15, 0.2) is 22.8 Å². The normalized spacial score (nSPS) is 16.9. The van der Waals surface area contributed by atoms with E-state index in [2.05, 4.69) is 20.9 Å². The molecule has 0 N–H and O–H groups in total. The number of sulfonamides is 1. The summed E-state index contributed by atoms with van der Waals surface area (Å²) in [6.45, 7) is 0. The summed E-state index contributed by atoms with van der Waals surface area (Å²) in [6, 6.07) is 3.48. The number of aromatic nitrogens is 1. The van der Waals surface area contributed by atoms with E-state index in [0.717, 1.165) is 23.7 Å². The van der Waals surface area contributed by atoms with Gasteiger partial charge in [0, 0.05) is 17.7 Å². The molecule has 0 bridgehead atoms. The molecule has 1 aromatic heterocycles. The van der Waals surface area contributed by atoms with Crippen molar-refractivity contribution < 1.29 is 8.42 Å². The molecule has 6 heteroatoms. The molecule has 0 aromatic carbocycles. The SMILES string of the molecule is CN(c1cc(Br)ccn1)S(=O)(=O)C1CCC1. The van der Waals surface area contributed by atoms with Gasteiger partial charge in [0.2, 0.25) is 10.0 Å². The van der Waals surface area contributed by atoms with Gasteiger partial charge in [-0.1, -0.05) is 22.4 Å². The molecule has 4 nitrogen and oxygen atoms in total. The van der Waals surface area contributed by atoms with Crippen LogP contribution in [0, 0.1) is 0 Å². The van der Waals surface area contributed by atoms with E-state index in [9.17, 15) is 8.42 Å². The van der Waals surface area contributed by atoms with Gasteiger partial charge in [-0.25, -0.2) is 13.4 Å². The standard InChI is InChI=1S/C10H13BrN2O2S/c1-13(10-7-8(11)5-6-12-10)16(14,15)9-3-2-4-9/h5-7,9H,2-4H2,1H3. The van der Waals surface area contributed by atoms with Crippen LogP contribution in [0.4, 0.5) is 5.82 Å². The Balaban J connectivity index is 2.27. The van der Waals surface area contributed by atoms with Gasteiger partial charge in [-0.05, 0) is 25.0 Å². The topological polar surface area (TPSA) is 50.3 Å². The molecule has 0 radical (unpaired) electrons. The molecule has 1 aliphatic carbocycles. The van der Waals surface area contributed by atoms with Crippen LogP contribution < -0.4 is 4.31 Å². The molecule has 0 unspecified atom stereocenters. The van der Waals surface area contributed by atoms with Crippen LogP contribution in [0.3, 0.4) is 0 Å². The first-order valence-electron chi connectivity index (χ1n) is 5.11. The maximum Gasteiger partial charge on any atom is 0.238 e. The van der Waals surface area contributed by atoms with Crippen molar-refractivity contribution in [2.24, 2.45) is 0 Å². The van der Waals surface area contributed by atoms with Gasteiger partial charge in [-0.2, -0.15) is 0 Å². The van der Waals surface area contributed by atoms with Gasteiger partial charge in [0.25, 0.3) is 0 Å². The molecule has 1 fully saturated rings. The van der Waals surface area contributed by atoms with Crippen LogP contribution in [0.1, 0.15) is 19.3 Å². The highest BCUT2D eigenvalue weighted by atomic mass is 79.9. The maximum atomic E-state index is 12.1. The summed E-state index contributed by atoms with van der Waals surface area (Å²) in [4.78, 5) is 4.06. The van der Waals surface area contributed by atoms with Crippen LogP contribution in [0.5, 0.6) is 0 Å². The minimum atomic E-state index is -3.22. The molecule has 0 spiro atoms. The Morgan fingerprint density at radius 3 is 2.69 bits per heavy atom. The van der Waals surface area contributed by atoms with E-state index in [4.69, 9.17) is 0 Å². The van der Waals surface area contributed by atoms with Gasteiger partial charge in [0.05, 0.1) is 5.25 Å². The molecule has 0 amide bonds. The number of pyridine rings is 1. The van der Waals surface area contributed by atoms with E-state index in [1.807, 2.05) is 0 Å². The van der Waals surface area contributed by atoms with E-state index in [-0.39, 0.29) is 5.25 Å². The zero-order valence-corrected chi connectivity index (χ0v) is 11.3. The lowest BCUT2D eigenvalue weighted by molar-refractivity contribution is 0.475. The van der Waals surface area contributed by atoms with Crippen LogP contribution in [-0.4, -0.2) is 25.7 Å². The van der Waals surface area contributed by atoms with E-state index in [1.54, 1.807) is 25.4 Å². The van der Waals surface area contributed by atoms with Crippen molar-refractivity contribution in [2.75, 3.05) is 11.4 Å². The number of nitrogens with zero attached hydrogens (tertiary/aromatic N) is 2. The van der Waals surface area contributed by atoms with E-state index in [1.165, 1.54) is 4.31 Å². The lowest BCUT2D eigenvalue weighted by Gasteiger charge is -2.30. The Morgan fingerprint density at radius 1 is 1.50 bits per heavy atom. The fraction of sp³-hybridized carbons (Fsp3) is 0.500. The fourth-order valence-corrected chi connectivity index (χ4v) is 3.65. The highest BCUT2D eigenvalue weighted by Crippen LogP contribution is 2.30. The monoisotopic (exact) mass is 304 g/mol. The minimum Gasteiger partial charge on any atom is -0.257 e. The van der Waals surface area contributed by atoms with Crippen molar-refractivity contribution in [1.29, 1.82) is 0 Å². The lowest BCUT2D eigenvalue weighted by Crippen LogP contribution is -2.40. The number of halogens is 1. The Kier molecular flexibility index (Phi) is 3.21. The molecule has 16 heavy (non-hydrogen) atoms. The third-order valence-corrected chi connectivity index (χ3v) is 5.64. The quantitative estimate of drug-likeness (QED) is 0.860. The lowest BCUT2D eigenvalue weighted by atomic mass is 10.0. The van der Waals surface area contributed by atoms with Crippen molar-refractivity contribution in [3.8, 4) is 0 Å². The molecule has 1 aromatic rings. The third kappa shape index (κ3) is 2.08. The van der Waals surface area contributed by atoms with Crippen molar-refractivity contribution in [3.05, 3.63) is 22.8 Å². The maximum absolute atomic E-state index is 12.1. The second kappa shape index (κ2) is 4.33. The van der Waals surface area contributed by atoms with E-state index in [0.29, 0.717) is 5.82 Å². The van der Waals surface area contributed by atoms with E-state index >= 15 is 0 Å². The Hall–Kier alpha value is -0.620. The summed E-state index contributed by atoms with van der Waals surface area (Å²) < 4.78 is 26.3. The number of rotatable bonds is 3. The number of anilines is 1. The van der Waals surface area contributed by atoms with E-state index < -0.39 is 10.0 Å². The summed E-state index contributed by atoms with van der Waals surface area (Å²) in [6.07, 6.45) is 4.12. The molecule has 88 valence electrons. The average molecular weight is 305 g/mol.